The quantitative estimate of drug-likeness (QED) is 0.754. The van der Waals surface area contributed by atoms with Crippen molar-refractivity contribution in [3.63, 3.8) is 0 Å². The van der Waals surface area contributed by atoms with Crippen LogP contribution in [0.5, 0.6) is 0 Å². The molecule has 0 aliphatic rings. The second-order valence-electron chi connectivity index (χ2n) is 4.90. The molecule has 0 atom stereocenters. The molecular weight excluding hydrogens is 292 g/mol. The molecule has 0 fully saturated rings. The fraction of sp³-hybridized carbons (Fsp3) is 0.286. The minimum Gasteiger partial charge on any atom is -0.362 e. The number of nitrogens with zero attached hydrogens (tertiary/aromatic N) is 1. The van der Waals surface area contributed by atoms with Crippen LogP contribution >= 0.6 is 23.8 Å². The van der Waals surface area contributed by atoms with E-state index in [1.54, 1.807) is 0 Å². The zero-order chi connectivity index (χ0) is 14.5. The van der Waals surface area contributed by atoms with Crippen LogP contribution in [0.15, 0.2) is 30.3 Å². The van der Waals surface area contributed by atoms with Gasteiger partial charge in [0.2, 0.25) is 0 Å². The first-order chi connectivity index (χ1) is 9.54. The number of rotatable bonds is 4. The van der Waals surface area contributed by atoms with E-state index in [0.29, 0.717) is 21.9 Å². The number of halogens is 1. The van der Waals surface area contributed by atoms with Crippen molar-refractivity contribution in [1.29, 1.82) is 0 Å². The summed E-state index contributed by atoms with van der Waals surface area (Å²) in [4.78, 5) is 0. The van der Waals surface area contributed by atoms with Crippen molar-refractivity contribution in [3.05, 3.63) is 35.4 Å². The van der Waals surface area contributed by atoms with Gasteiger partial charge in [0.1, 0.15) is 0 Å². The van der Waals surface area contributed by atoms with E-state index in [2.05, 4.69) is 34.7 Å². The minimum atomic E-state index is 0.540. The van der Waals surface area contributed by atoms with Gasteiger partial charge in [0.25, 0.3) is 0 Å². The molecule has 6 heteroatoms. The smallest absolute Gasteiger partial charge is 0.171 e. The fourth-order valence-corrected chi connectivity index (χ4v) is 1.93. The van der Waals surface area contributed by atoms with Gasteiger partial charge in [-0.1, -0.05) is 37.6 Å². The highest BCUT2D eigenvalue weighted by molar-refractivity contribution is 7.80. The Hall–Kier alpha value is -1.59. The van der Waals surface area contributed by atoms with Crippen LogP contribution in [-0.2, 0) is 0 Å². The second kappa shape index (κ2) is 6.72. The third kappa shape index (κ3) is 4.21. The van der Waals surface area contributed by atoms with Gasteiger partial charge in [0.15, 0.2) is 10.9 Å². The monoisotopic (exact) mass is 308 g/mol. The number of nitrogens with one attached hydrogen (secondary N) is 3. The second-order valence-corrected chi connectivity index (χ2v) is 5.75. The highest BCUT2D eigenvalue weighted by Crippen LogP contribution is 2.21. The van der Waals surface area contributed by atoms with E-state index >= 15 is 0 Å². The molecule has 0 aliphatic heterocycles. The van der Waals surface area contributed by atoms with E-state index in [1.807, 2.05) is 30.3 Å². The first kappa shape index (κ1) is 14.8. The number of aromatic nitrogens is 2. The third-order valence-electron chi connectivity index (χ3n) is 2.65. The highest BCUT2D eigenvalue weighted by Gasteiger charge is 2.05. The molecule has 3 N–H and O–H groups in total. The predicted molar refractivity (Wildman–Crippen MR) is 88.1 cm³/mol. The van der Waals surface area contributed by atoms with Gasteiger partial charge < -0.3 is 10.6 Å². The molecule has 0 saturated heterocycles. The van der Waals surface area contributed by atoms with Gasteiger partial charge in [-0.3, -0.25) is 5.10 Å². The first-order valence-corrected chi connectivity index (χ1v) is 7.19. The van der Waals surface area contributed by atoms with Crippen molar-refractivity contribution in [3.8, 4) is 11.3 Å². The molecule has 2 rings (SSSR count). The molecule has 0 aliphatic carbocycles. The lowest BCUT2D eigenvalue weighted by Crippen LogP contribution is -2.31. The lowest BCUT2D eigenvalue weighted by molar-refractivity contribution is 0.627. The normalized spacial score (nSPS) is 10.6. The highest BCUT2D eigenvalue weighted by atomic mass is 35.5. The van der Waals surface area contributed by atoms with Crippen LogP contribution in [0.2, 0.25) is 5.02 Å². The third-order valence-corrected chi connectivity index (χ3v) is 3.14. The standard InChI is InChI=1S/C14H17ClN4S/c1-9(2)8-16-14(20)17-13-7-12(18-19-13)10-3-5-11(15)6-4-10/h3-7,9H,8H2,1-2H3,(H3,16,17,18,19,20). The molecule has 4 nitrogen and oxygen atoms in total. The number of aromatic amines is 1. The predicted octanol–water partition coefficient (Wildman–Crippen LogP) is 3.67. The van der Waals surface area contributed by atoms with Crippen LogP contribution < -0.4 is 10.6 Å². The molecule has 20 heavy (non-hydrogen) atoms. The van der Waals surface area contributed by atoms with Gasteiger partial charge in [-0.15, -0.1) is 0 Å². The zero-order valence-corrected chi connectivity index (χ0v) is 13.0. The molecule has 0 radical (unpaired) electrons. The number of thiocarbonyl (C=S) groups is 1. The first-order valence-electron chi connectivity index (χ1n) is 6.41. The molecule has 0 spiro atoms. The molecule has 2 aromatic rings. The minimum absolute atomic E-state index is 0.540. The topological polar surface area (TPSA) is 52.7 Å². The lowest BCUT2D eigenvalue weighted by Gasteiger charge is -2.09. The summed E-state index contributed by atoms with van der Waals surface area (Å²) in [5, 5.41) is 14.6. The van der Waals surface area contributed by atoms with Crippen LogP contribution in [0.4, 0.5) is 5.82 Å². The Morgan fingerprint density at radius 3 is 2.70 bits per heavy atom. The van der Waals surface area contributed by atoms with Crippen molar-refractivity contribution in [2.75, 3.05) is 11.9 Å². The maximum absolute atomic E-state index is 5.87. The van der Waals surface area contributed by atoms with Crippen molar-refractivity contribution < 1.29 is 0 Å². The van der Waals surface area contributed by atoms with Crippen molar-refractivity contribution >= 4 is 34.7 Å². The Labute approximate surface area is 128 Å². The Kier molecular flexibility index (Phi) is 4.98. The van der Waals surface area contributed by atoms with Gasteiger partial charge in [0.05, 0.1) is 5.69 Å². The Morgan fingerprint density at radius 2 is 2.05 bits per heavy atom. The van der Waals surface area contributed by atoms with Crippen molar-refractivity contribution in [2.45, 2.75) is 13.8 Å². The Balaban J connectivity index is 1.98. The van der Waals surface area contributed by atoms with Crippen LogP contribution in [0.1, 0.15) is 13.8 Å². The number of benzene rings is 1. The van der Waals surface area contributed by atoms with Crippen LogP contribution in [0.25, 0.3) is 11.3 Å². The average Bonchev–Trinajstić information content (AvgIpc) is 2.85. The molecule has 0 bridgehead atoms. The summed E-state index contributed by atoms with van der Waals surface area (Å²) in [5.74, 6) is 1.23. The molecule has 0 amide bonds. The maximum atomic E-state index is 5.87. The Morgan fingerprint density at radius 1 is 1.35 bits per heavy atom. The summed E-state index contributed by atoms with van der Waals surface area (Å²) in [7, 11) is 0. The number of hydrogen-bond acceptors (Lipinski definition) is 2. The van der Waals surface area contributed by atoms with Crippen molar-refractivity contribution in [1.82, 2.24) is 15.5 Å². The molecule has 1 heterocycles. The summed E-state index contributed by atoms with van der Waals surface area (Å²) in [6.45, 7) is 5.09. The SMILES string of the molecule is CC(C)CNC(=S)Nc1cc(-c2ccc(Cl)cc2)[nH]n1. The van der Waals surface area contributed by atoms with E-state index in [-0.39, 0.29) is 0 Å². The van der Waals surface area contributed by atoms with Gasteiger partial charge >= 0.3 is 0 Å². The van der Waals surface area contributed by atoms with Crippen LogP contribution in [0, 0.1) is 5.92 Å². The Bertz CT molecular complexity index is 577. The average molecular weight is 309 g/mol. The summed E-state index contributed by atoms with van der Waals surface area (Å²) in [6.07, 6.45) is 0. The van der Waals surface area contributed by atoms with E-state index in [1.165, 1.54) is 0 Å². The van der Waals surface area contributed by atoms with E-state index in [4.69, 9.17) is 23.8 Å². The van der Waals surface area contributed by atoms with E-state index in [0.717, 1.165) is 17.8 Å². The summed E-state index contributed by atoms with van der Waals surface area (Å²) < 4.78 is 0. The summed E-state index contributed by atoms with van der Waals surface area (Å²) in [5.41, 5.74) is 1.94. The lowest BCUT2D eigenvalue weighted by atomic mass is 10.1. The molecule has 1 aromatic heterocycles. The number of H-pyrrole nitrogens is 1. The van der Waals surface area contributed by atoms with Gasteiger partial charge in [0, 0.05) is 17.6 Å². The molecular formula is C14H17ClN4S. The van der Waals surface area contributed by atoms with Gasteiger partial charge in [-0.25, -0.2) is 0 Å². The van der Waals surface area contributed by atoms with E-state index < -0.39 is 0 Å². The number of hydrogen-bond donors (Lipinski definition) is 3. The number of anilines is 1. The molecule has 0 unspecified atom stereocenters. The van der Waals surface area contributed by atoms with Crippen LogP contribution in [-0.4, -0.2) is 21.9 Å². The molecule has 106 valence electrons. The molecule has 1 aromatic carbocycles. The fourth-order valence-electron chi connectivity index (χ4n) is 1.62. The largest absolute Gasteiger partial charge is 0.362 e. The van der Waals surface area contributed by atoms with E-state index in [9.17, 15) is 0 Å². The molecule has 0 saturated carbocycles. The van der Waals surface area contributed by atoms with Crippen molar-refractivity contribution in [2.24, 2.45) is 5.92 Å². The summed E-state index contributed by atoms with van der Waals surface area (Å²) in [6, 6.07) is 9.48. The summed E-state index contributed by atoms with van der Waals surface area (Å²) >= 11 is 11.1. The van der Waals surface area contributed by atoms with Gasteiger partial charge in [-0.05, 0) is 35.8 Å². The zero-order valence-electron chi connectivity index (χ0n) is 11.4. The van der Waals surface area contributed by atoms with Gasteiger partial charge in [-0.2, -0.15) is 5.10 Å². The maximum Gasteiger partial charge on any atom is 0.171 e. The van der Waals surface area contributed by atoms with Crippen LogP contribution in [0.3, 0.4) is 0 Å².